The maximum Gasteiger partial charge on any atom is 0.225 e. The number of hydrogen-bond acceptors (Lipinski definition) is 6. The number of thiophene rings is 1. The minimum atomic E-state index is 0. The second kappa shape index (κ2) is 8.97. The first-order chi connectivity index (χ1) is 12.0. The number of carbonyl (C=O) groups excluding carboxylic acids is 1. The minimum absolute atomic E-state index is 0. The molecule has 0 aromatic carbocycles. The van der Waals surface area contributed by atoms with E-state index in [2.05, 4.69) is 34.0 Å². The van der Waals surface area contributed by atoms with Gasteiger partial charge in [0.15, 0.2) is 0 Å². The predicted molar refractivity (Wildman–Crippen MR) is 111 cm³/mol. The van der Waals surface area contributed by atoms with Crippen molar-refractivity contribution in [1.29, 1.82) is 0 Å². The minimum Gasteiger partial charge on any atom is -0.356 e. The number of carbonyl (C=O) groups is 1. The Bertz CT molecular complexity index is 757. The molecule has 3 heterocycles. The van der Waals surface area contributed by atoms with E-state index in [9.17, 15) is 4.79 Å². The van der Waals surface area contributed by atoms with E-state index >= 15 is 0 Å². The van der Waals surface area contributed by atoms with Crippen molar-refractivity contribution in [1.82, 2.24) is 20.2 Å². The van der Waals surface area contributed by atoms with E-state index in [0.717, 1.165) is 49.7 Å². The second-order valence-electron chi connectivity index (χ2n) is 6.79. The van der Waals surface area contributed by atoms with E-state index in [4.69, 9.17) is 0 Å². The molecule has 0 atom stereocenters. The van der Waals surface area contributed by atoms with Gasteiger partial charge in [0.05, 0.1) is 5.39 Å². The summed E-state index contributed by atoms with van der Waals surface area (Å²) >= 11 is 1.73. The molecular weight excluding hydrogens is 370 g/mol. The van der Waals surface area contributed by atoms with Crippen LogP contribution >= 0.6 is 23.7 Å². The Balaban J connectivity index is 0.00000243. The Labute approximate surface area is 165 Å². The van der Waals surface area contributed by atoms with Gasteiger partial charge < -0.3 is 15.1 Å². The Kier molecular flexibility index (Phi) is 7.20. The summed E-state index contributed by atoms with van der Waals surface area (Å²) in [6.45, 7) is 7.62. The molecule has 0 spiro atoms. The molecule has 144 valence electrons. The van der Waals surface area contributed by atoms with Crippen LogP contribution in [0.5, 0.6) is 0 Å². The van der Waals surface area contributed by atoms with Crippen LogP contribution in [0.3, 0.4) is 0 Å². The number of fused-ring (bicyclic) bond motifs is 1. The average Bonchev–Trinajstić information content (AvgIpc) is 2.93. The Morgan fingerprint density at radius 2 is 2.04 bits per heavy atom. The van der Waals surface area contributed by atoms with Crippen LogP contribution in [0.1, 0.15) is 23.3 Å². The first-order valence-corrected chi connectivity index (χ1v) is 9.69. The van der Waals surface area contributed by atoms with Crippen molar-refractivity contribution in [2.75, 3.05) is 45.2 Å². The zero-order valence-corrected chi connectivity index (χ0v) is 17.5. The molecule has 0 radical (unpaired) electrons. The fourth-order valence-electron chi connectivity index (χ4n) is 3.44. The van der Waals surface area contributed by atoms with E-state index in [-0.39, 0.29) is 24.2 Å². The van der Waals surface area contributed by atoms with E-state index in [0.29, 0.717) is 0 Å². The van der Waals surface area contributed by atoms with Gasteiger partial charge in [-0.25, -0.2) is 9.97 Å². The monoisotopic (exact) mass is 397 g/mol. The third kappa shape index (κ3) is 4.10. The van der Waals surface area contributed by atoms with Crippen molar-refractivity contribution >= 4 is 45.7 Å². The number of halogens is 1. The van der Waals surface area contributed by atoms with Gasteiger partial charge in [-0.15, -0.1) is 23.7 Å². The van der Waals surface area contributed by atoms with Crippen molar-refractivity contribution in [3.8, 4) is 0 Å². The molecule has 2 aromatic rings. The molecule has 0 saturated carbocycles. The molecule has 1 aliphatic rings. The summed E-state index contributed by atoms with van der Waals surface area (Å²) in [5, 5.41) is 4.28. The fourth-order valence-corrected chi connectivity index (χ4v) is 4.43. The molecule has 6 nitrogen and oxygen atoms in total. The normalized spacial score (nSPS) is 15.2. The number of aromatic nitrogens is 2. The SMILES string of the molecule is CNCCN(C)C(=O)C1CCN(c2ncnc3sc(C)c(C)c23)CC1.Cl. The largest absolute Gasteiger partial charge is 0.356 e. The zero-order chi connectivity index (χ0) is 18.0. The van der Waals surface area contributed by atoms with Crippen LogP contribution in [0.2, 0.25) is 0 Å². The third-order valence-electron chi connectivity index (χ3n) is 5.16. The standard InChI is InChI=1S/C18H27N5OS.ClH/c1-12-13(2)25-17-15(12)16(20-11-21-17)23-8-5-14(6-9-23)18(24)22(4)10-7-19-3;/h11,14,19H,5-10H2,1-4H3;1H. The summed E-state index contributed by atoms with van der Waals surface area (Å²) < 4.78 is 0. The lowest BCUT2D eigenvalue weighted by atomic mass is 9.95. The van der Waals surface area contributed by atoms with Gasteiger partial charge in [0.25, 0.3) is 0 Å². The fraction of sp³-hybridized carbons (Fsp3) is 0.611. The van der Waals surface area contributed by atoms with E-state index in [1.165, 1.54) is 15.8 Å². The number of amides is 1. The van der Waals surface area contributed by atoms with Crippen LogP contribution in [-0.4, -0.2) is 61.0 Å². The van der Waals surface area contributed by atoms with Gasteiger partial charge in [0.1, 0.15) is 17.0 Å². The molecule has 1 saturated heterocycles. The zero-order valence-electron chi connectivity index (χ0n) is 15.9. The maximum absolute atomic E-state index is 12.6. The van der Waals surface area contributed by atoms with Gasteiger partial charge in [-0.2, -0.15) is 0 Å². The third-order valence-corrected chi connectivity index (χ3v) is 6.28. The highest BCUT2D eigenvalue weighted by Gasteiger charge is 2.28. The molecule has 1 N–H and O–H groups in total. The lowest BCUT2D eigenvalue weighted by Gasteiger charge is -2.34. The molecule has 2 aromatic heterocycles. The number of anilines is 1. The van der Waals surface area contributed by atoms with E-state index in [1.807, 2.05) is 19.0 Å². The van der Waals surface area contributed by atoms with Crippen LogP contribution in [0.15, 0.2) is 6.33 Å². The van der Waals surface area contributed by atoms with E-state index < -0.39 is 0 Å². The summed E-state index contributed by atoms with van der Waals surface area (Å²) in [4.78, 5) is 28.1. The molecule has 1 amide bonds. The predicted octanol–water partition coefficient (Wildman–Crippen LogP) is 2.62. The lowest BCUT2D eigenvalue weighted by molar-refractivity contribution is -0.134. The van der Waals surface area contributed by atoms with Crippen LogP contribution in [0.4, 0.5) is 5.82 Å². The Morgan fingerprint density at radius 1 is 1.35 bits per heavy atom. The number of aryl methyl sites for hydroxylation is 2. The molecule has 3 rings (SSSR count). The van der Waals surface area contributed by atoms with Crippen molar-refractivity contribution < 1.29 is 4.79 Å². The van der Waals surface area contributed by atoms with Crippen molar-refractivity contribution in [3.05, 3.63) is 16.8 Å². The summed E-state index contributed by atoms with van der Waals surface area (Å²) in [6, 6.07) is 0. The van der Waals surface area contributed by atoms with Crippen LogP contribution in [-0.2, 0) is 4.79 Å². The Hall–Kier alpha value is -1.44. The smallest absolute Gasteiger partial charge is 0.225 e. The van der Waals surface area contributed by atoms with E-state index in [1.54, 1.807) is 17.7 Å². The van der Waals surface area contributed by atoms with Crippen LogP contribution in [0.25, 0.3) is 10.2 Å². The van der Waals surface area contributed by atoms with Gasteiger partial charge in [-0.05, 0) is 39.3 Å². The van der Waals surface area contributed by atoms with Gasteiger partial charge in [0, 0.05) is 44.0 Å². The summed E-state index contributed by atoms with van der Waals surface area (Å²) in [7, 11) is 3.81. The molecule has 26 heavy (non-hydrogen) atoms. The summed E-state index contributed by atoms with van der Waals surface area (Å²) in [5.74, 6) is 1.42. The number of rotatable bonds is 5. The molecule has 0 unspecified atom stereocenters. The topological polar surface area (TPSA) is 61.4 Å². The highest BCUT2D eigenvalue weighted by molar-refractivity contribution is 7.18. The summed E-state index contributed by atoms with van der Waals surface area (Å²) in [5.41, 5.74) is 1.28. The first-order valence-electron chi connectivity index (χ1n) is 8.88. The summed E-state index contributed by atoms with van der Waals surface area (Å²) in [6.07, 6.45) is 3.43. The maximum atomic E-state index is 12.6. The number of nitrogens with one attached hydrogen (secondary N) is 1. The molecule has 8 heteroatoms. The van der Waals surface area contributed by atoms with Gasteiger partial charge in [-0.3, -0.25) is 4.79 Å². The Morgan fingerprint density at radius 3 is 2.69 bits per heavy atom. The highest BCUT2D eigenvalue weighted by atomic mass is 35.5. The molecule has 0 aliphatic carbocycles. The highest BCUT2D eigenvalue weighted by Crippen LogP contribution is 2.35. The van der Waals surface area contributed by atoms with Crippen LogP contribution in [0, 0.1) is 19.8 Å². The van der Waals surface area contributed by atoms with Gasteiger partial charge in [-0.1, -0.05) is 0 Å². The molecule has 0 bridgehead atoms. The average molecular weight is 398 g/mol. The second-order valence-corrected chi connectivity index (χ2v) is 7.99. The van der Waals surface area contributed by atoms with Crippen molar-refractivity contribution in [3.63, 3.8) is 0 Å². The van der Waals surface area contributed by atoms with Crippen LogP contribution < -0.4 is 10.2 Å². The number of nitrogens with zero attached hydrogens (tertiary/aromatic N) is 4. The van der Waals surface area contributed by atoms with Crippen molar-refractivity contribution in [2.24, 2.45) is 5.92 Å². The quantitative estimate of drug-likeness (QED) is 0.840. The van der Waals surface area contributed by atoms with Crippen molar-refractivity contribution in [2.45, 2.75) is 26.7 Å². The number of piperidine rings is 1. The molecular formula is C18H28ClN5OS. The van der Waals surface area contributed by atoms with Gasteiger partial charge >= 0.3 is 0 Å². The molecule has 1 fully saturated rings. The molecule has 1 aliphatic heterocycles. The van der Waals surface area contributed by atoms with Gasteiger partial charge in [0.2, 0.25) is 5.91 Å². The lowest BCUT2D eigenvalue weighted by Crippen LogP contribution is -2.43. The number of hydrogen-bond donors (Lipinski definition) is 1. The first kappa shape index (κ1) is 20.9. The number of likely N-dealkylation sites (N-methyl/N-ethyl adjacent to an activating group) is 2.